The third-order valence-electron chi connectivity index (χ3n) is 2.63. The maximum atomic E-state index is 13.1. The summed E-state index contributed by atoms with van der Waals surface area (Å²) in [7, 11) is 0. The summed E-state index contributed by atoms with van der Waals surface area (Å²) in [4.78, 5) is 15.0. The van der Waals surface area contributed by atoms with E-state index in [0.717, 1.165) is 18.9 Å². The number of fused-ring (bicyclic) bond motifs is 1. The molecule has 0 saturated heterocycles. The predicted molar refractivity (Wildman–Crippen MR) is 52.9 cm³/mol. The van der Waals surface area contributed by atoms with Crippen LogP contribution >= 0.6 is 0 Å². The van der Waals surface area contributed by atoms with Crippen LogP contribution in [0.5, 0.6) is 0 Å². The maximum Gasteiger partial charge on any atom is 0.339 e. The van der Waals surface area contributed by atoms with Gasteiger partial charge in [-0.2, -0.15) is 0 Å². The quantitative estimate of drug-likeness (QED) is 0.846. The Hall–Kier alpha value is -1.91. The minimum Gasteiger partial charge on any atom is -0.478 e. The lowest BCUT2D eigenvalue weighted by Gasteiger charge is -1.94. The van der Waals surface area contributed by atoms with Gasteiger partial charge in [-0.3, -0.25) is 0 Å². The Bertz CT molecular complexity index is 586. The molecule has 1 aliphatic carbocycles. The maximum absolute atomic E-state index is 13.1. The van der Waals surface area contributed by atoms with Crippen molar-refractivity contribution in [3.8, 4) is 0 Å². The smallest absolute Gasteiger partial charge is 0.339 e. The standard InChI is InChI=1S/C11H8FNO3/c12-6-3-7(11(14)15)9-8(4-6)13-10(16-9)5-1-2-5/h3-5H,1-2H2,(H,14,15). The largest absolute Gasteiger partial charge is 0.478 e. The molecule has 1 heterocycles. The average molecular weight is 221 g/mol. The highest BCUT2D eigenvalue weighted by Gasteiger charge is 2.30. The minimum atomic E-state index is -1.21. The molecule has 82 valence electrons. The van der Waals surface area contributed by atoms with E-state index < -0.39 is 11.8 Å². The van der Waals surface area contributed by atoms with Crippen LogP contribution in [0.15, 0.2) is 16.5 Å². The third kappa shape index (κ3) is 1.36. The van der Waals surface area contributed by atoms with E-state index in [1.807, 2.05) is 0 Å². The lowest BCUT2D eigenvalue weighted by atomic mass is 10.2. The summed E-state index contributed by atoms with van der Waals surface area (Å²) in [5.74, 6) is -1.02. The highest BCUT2D eigenvalue weighted by atomic mass is 19.1. The molecule has 0 bridgehead atoms. The third-order valence-corrected chi connectivity index (χ3v) is 2.63. The Morgan fingerprint density at radius 3 is 2.88 bits per heavy atom. The van der Waals surface area contributed by atoms with E-state index in [0.29, 0.717) is 5.89 Å². The second kappa shape index (κ2) is 3.04. The van der Waals surface area contributed by atoms with Gasteiger partial charge >= 0.3 is 5.97 Å². The second-order valence-corrected chi connectivity index (χ2v) is 3.93. The van der Waals surface area contributed by atoms with Crippen LogP contribution in [0.3, 0.4) is 0 Å². The fraction of sp³-hybridized carbons (Fsp3) is 0.273. The first-order valence-corrected chi connectivity index (χ1v) is 4.98. The van der Waals surface area contributed by atoms with Crippen LogP contribution in [-0.2, 0) is 0 Å². The molecule has 1 aromatic carbocycles. The first-order chi connectivity index (χ1) is 7.65. The summed E-state index contributed by atoms with van der Waals surface area (Å²) in [5, 5.41) is 8.92. The number of halogens is 1. The van der Waals surface area contributed by atoms with E-state index in [2.05, 4.69) is 4.98 Å². The fourth-order valence-corrected chi connectivity index (χ4v) is 1.68. The van der Waals surface area contributed by atoms with Crippen molar-refractivity contribution in [2.45, 2.75) is 18.8 Å². The van der Waals surface area contributed by atoms with Gasteiger partial charge in [-0.1, -0.05) is 0 Å². The number of benzene rings is 1. The number of hydrogen-bond acceptors (Lipinski definition) is 3. The Balaban J connectivity index is 2.27. The molecule has 0 aliphatic heterocycles. The summed E-state index contributed by atoms with van der Waals surface area (Å²) in [6.07, 6.45) is 2.00. The van der Waals surface area contributed by atoms with Crippen molar-refractivity contribution in [1.29, 1.82) is 0 Å². The van der Waals surface area contributed by atoms with Crippen LogP contribution in [0.1, 0.15) is 35.0 Å². The molecule has 0 radical (unpaired) electrons. The van der Waals surface area contributed by atoms with Crippen molar-refractivity contribution in [3.63, 3.8) is 0 Å². The van der Waals surface area contributed by atoms with Gasteiger partial charge in [0.15, 0.2) is 11.5 Å². The molecular formula is C11H8FNO3. The highest BCUT2D eigenvalue weighted by molar-refractivity contribution is 6.00. The van der Waals surface area contributed by atoms with Crippen molar-refractivity contribution < 1.29 is 18.7 Å². The highest BCUT2D eigenvalue weighted by Crippen LogP contribution is 2.41. The van der Waals surface area contributed by atoms with Crippen molar-refractivity contribution in [1.82, 2.24) is 4.98 Å². The number of rotatable bonds is 2. The van der Waals surface area contributed by atoms with Gasteiger partial charge in [0.1, 0.15) is 16.9 Å². The number of hydrogen-bond donors (Lipinski definition) is 1. The number of carboxylic acids is 1. The van der Waals surface area contributed by atoms with Crippen LogP contribution in [0, 0.1) is 5.82 Å². The van der Waals surface area contributed by atoms with E-state index >= 15 is 0 Å². The van der Waals surface area contributed by atoms with Gasteiger partial charge in [0, 0.05) is 12.0 Å². The van der Waals surface area contributed by atoms with Gasteiger partial charge in [0.05, 0.1) is 0 Å². The van der Waals surface area contributed by atoms with E-state index in [1.165, 1.54) is 6.07 Å². The molecule has 5 heteroatoms. The number of oxazole rings is 1. The fourth-order valence-electron chi connectivity index (χ4n) is 1.68. The molecule has 3 rings (SSSR count). The van der Waals surface area contributed by atoms with Crippen molar-refractivity contribution in [2.24, 2.45) is 0 Å². The average Bonchev–Trinajstić information content (AvgIpc) is 2.98. The van der Waals surface area contributed by atoms with Crippen molar-refractivity contribution in [3.05, 3.63) is 29.4 Å². The molecule has 0 amide bonds. The molecular weight excluding hydrogens is 213 g/mol. The Labute approximate surface area is 89.7 Å². The van der Waals surface area contributed by atoms with Gasteiger partial charge < -0.3 is 9.52 Å². The SMILES string of the molecule is O=C(O)c1cc(F)cc2nc(C3CC3)oc12. The predicted octanol–water partition coefficient (Wildman–Crippen LogP) is 2.54. The van der Waals surface area contributed by atoms with Gasteiger partial charge in [-0.05, 0) is 18.9 Å². The summed E-state index contributed by atoms with van der Waals surface area (Å²) < 4.78 is 18.5. The summed E-state index contributed by atoms with van der Waals surface area (Å²) in [6, 6.07) is 2.14. The Morgan fingerprint density at radius 1 is 1.50 bits per heavy atom. The molecule has 4 nitrogen and oxygen atoms in total. The molecule has 0 atom stereocenters. The zero-order chi connectivity index (χ0) is 11.3. The van der Waals surface area contributed by atoms with E-state index in [-0.39, 0.29) is 22.6 Å². The van der Waals surface area contributed by atoms with Crippen LogP contribution < -0.4 is 0 Å². The number of carbonyl (C=O) groups is 1. The number of nitrogens with zero attached hydrogens (tertiary/aromatic N) is 1. The molecule has 0 spiro atoms. The van der Waals surface area contributed by atoms with Gasteiger partial charge in [-0.15, -0.1) is 0 Å². The van der Waals surface area contributed by atoms with Crippen molar-refractivity contribution >= 4 is 17.1 Å². The Morgan fingerprint density at radius 2 is 2.25 bits per heavy atom. The molecule has 0 unspecified atom stereocenters. The molecule has 1 aromatic heterocycles. The van der Waals surface area contributed by atoms with E-state index in [4.69, 9.17) is 9.52 Å². The lowest BCUT2D eigenvalue weighted by Crippen LogP contribution is -1.97. The zero-order valence-electron chi connectivity index (χ0n) is 8.24. The summed E-state index contributed by atoms with van der Waals surface area (Å²) in [6.45, 7) is 0. The second-order valence-electron chi connectivity index (χ2n) is 3.93. The molecule has 2 aromatic rings. The first-order valence-electron chi connectivity index (χ1n) is 4.98. The Kier molecular flexibility index (Phi) is 1.77. The molecule has 16 heavy (non-hydrogen) atoms. The summed E-state index contributed by atoms with van der Waals surface area (Å²) in [5.41, 5.74) is 0.268. The van der Waals surface area contributed by atoms with Gasteiger partial charge in [0.2, 0.25) is 0 Å². The first kappa shape index (κ1) is 9.33. The zero-order valence-corrected chi connectivity index (χ0v) is 8.24. The lowest BCUT2D eigenvalue weighted by molar-refractivity contribution is 0.0697. The molecule has 1 N–H and O–H groups in total. The monoisotopic (exact) mass is 221 g/mol. The minimum absolute atomic E-state index is 0.163. The van der Waals surface area contributed by atoms with Crippen LogP contribution in [0.25, 0.3) is 11.1 Å². The number of carboxylic acid groups (broad SMARTS) is 1. The van der Waals surface area contributed by atoms with E-state index in [1.54, 1.807) is 0 Å². The summed E-state index contributed by atoms with van der Waals surface area (Å²) >= 11 is 0. The number of aromatic nitrogens is 1. The van der Waals surface area contributed by atoms with Crippen LogP contribution in [0.2, 0.25) is 0 Å². The normalized spacial score (nSPS) is 15.6. The molecule has 1 aliphatic rings. The van der Waals surface area contributed by atoms with Crippen LogP contribution in [0.4, 0.5) is 4.39 Å². The molecule has 1 saturated carbocycles. The van der Waals surface area contributed by atoms with Crippen molar-refractivity contribution in [2.75, 3.05) is 0 Å². The number of aromatic carboxylic acids is 1. The topological polar surface area (TPSA) is 63.3 Å². The van der Waals surface area contributed by atoms with Crippen LogP contribution in [-0.4, -0.2) is 16.1 Å². The van der Waals surface area contributed by atoms with Gasteiger partial charge in [-0.25, -0.2) is 14.2 Å². The van der Waals surface area contributed by atoms with Gasteiger partial charge in [0.25, 0.3) is 0 Å². The molecule has 1 fully saturated rings. The van der Waals surface area contributed by atoms with E-state index in [9.17, 15) is 9.18 Å².